The number of amides is 1. The number of carbonyl (C=O) groups is 1. The van der Waals surface area contributed by atoms with Crippen LogP contribution in [0.3, 0.4) is 0 Å². The molecule has 0 saturated carbocycles. The van der Waals surface area contributed by atoms with Crippen molar-refractivity contribution in [1.29, 1.82) is 0 Å². The molecule has 1 N–H and O–H groups in total. The van der Waals surface area contributed by atoms with E-state index in [-0.39, 0.29) is 24.1 Å². The first-order valence-electron chi connectivity index (χ1n) is 8.34. The van der Waals surface area contributed by atoms with Crippen molar-refractivity contribution in [2.75, 3.05) is 0 Å². The van der Waals surface area contributed by atoms with E-state index >= 15 is 0 Å². The lowest BCUT2D eigenvalue weighted by molar-refractivity contribution is -0.121. The second kappa shape index (κ2) is 8.39. The van der Waals surface area contributed by atoms with Gasteiger partial charge in [-0.1, -0.05) is 6.07 Å². The Kier molecular flexibility index (Phi) is 5.75. The number of rotatable bonds is 7. The summed E-state index contributed by atoms with van der Waals surface area (Å²) in [5.74, 6) is -0.912. The third kappa shape index (κ3) is 4.87. The Hall–Kier alpha value is -3.29. The van der Waals surface area contributed by atoms with Gasteiger partial charge in [-0.25, -0.2) is 18.7 Å². The number of imidazole rings is 1. The summed E-state index contributed by atoms with van der Waals surface area (Å²) in [6.45, 7) is 2.60. The molecular formula is C19H18F2N4O2. The molecular weight excluding hydrogens is 354 g/mol. The minimum absolute atomic E-state index is 0.121. The molecule has 3 rings (SSSR count). The van der Waals surface area contributed by atoms with Crippen LogP contribution in [-0.2, 0) is 17.9 Å². The summed E-state index contributed by atoms with van der Waals surface area (Å²) >= 11 is 0. The summed E-state index contributed by atoms with van der Waals surface area (Å²) < 4.78 is 33.8. The number of hydrogen-bond acceptors (Lipinski definition) is 4. The number of aromatic nitrogens is 3. The highest BCUT2D eigenvalue weighted by Crippen LogP contribution is 2.24. The second-order valence-corrected chi connectivity index (χ2v) is 5.84. The number of pyridine rings is 1. The van der Waals surface area contributed by atoms with Crippen LogP contribution in [0.1, 0.15) is 17.8 Å². The fraction of sp³-hybridized carbons (Fsp3) is 0.211. The summed E-state index contributed by atoms with van der Waals surface area (Å²) in [6, 6.07) is 6.67. The molecule has 2 heterocycles. The van der Waals surface area contributed by atoms with Gasteiger partial charge in [0.2, 0.25) is 11.8 Å². The van der Waals surface area contributed by atoms with Crippen LogP contribution >= 0.6 is 0 Å². The minimum atomic E-state index is -1.01. The van der Waals surface area contributed by atoms with E-state index in [1.807, 2.05) is 17.7 Å². The van der Waals surface area contributed by atoms with Gasteiger partial charge in [-0.3, -0.25) is 4.79 Å². The Bertz CT molecular complexity index is 943. The monoisotopic (exact) mass is 372 g/mol. The molecule has 0 aliphatic heterocycles. The van der Waals surface area contributed by atoms with Crippen molar-refractivity contribution < 1.29 is 18.3 Å². The topological polar surface area (TPSA) is 69.0 Å². The highest BCUT2D eigenvalue weighted by molar-refractivity contribution is 5.75. The summed E-state index contributed by atoms with van der Waals surface area (Å²) in [7, 11) is 0. The van der Waals surface area contributed by atoms with Gasteiger partial charge in [-0.15, -0.1) is 0 Å². The minimum Gasteiger partial charge on any atom is -0.439 e. The van der Waals surface area contributed by atoms with Gasteiger partial charge in [0.25, 0.3) is 0 Å². The van der Waals surface area contributed by atoms with Crippen LogP contribution in [-0.4, -0.2) is 20.4 Å². The summed E-state index contributed by atoms with van der Waals surface area (Å²) in [5, 5.41) is 2.80. The lowest BCUT2D eigenvalue weighted by atomic mass is 10.2. The largest absolute Gasteiger partial charge is 0.439 e. The van der Waals surface area contributed by atoms with E-state index in [1.54, 1.807) is 18.3 Å². The van der Waals surface area contributed by atoms with E-state index in [0.717, 1.165) is 18.0 Å². The average molecular weight is 372 g/mol. The van der Waals surface area contributed by atoms with Gasteiger partial charge in [-0.05, 0) is 25.1 Å². The average Bonchev–Trinajstić information content (AvgIpc) is 3.07. The van der Waals surface area contributed by atoms with Crippen LogP contribution in [0.5, 0.6) is 11.6 Å². The van der Waals surface area contributed by atoms with E-state index in [4.69, 9.17) is 4.74 Å². The van der Waals surface area contributed by atoms with E-state index in [0.29, 0.717) is 18.5 Å². The molecule has 0 spiro atoms. The number of carbonyl (C=O) groups excluding carboxylic acids is 1. The first-order valence-corrected chi connectivity index (χ1v) is 8.34. The number of ether oxygens (including phenoxy) is 1. The fourth-order valence-corrected chi connectivity index (χ4v) is 2.45. The number of hydrogen-bond donors (Lipinski definition) is 1. The molecule has 0 radical (unpaired) electrons. The molecule has 0 unspecified atom stereocenters. The molecule has 0 saturated heterocycles. The van der Waals surface area contributed by atoms with Crippen molar-refractivity contribution in [3.8, 4) is 11.6 Å². The van der Waals surface area contributed by atoms with Crippen molar-refractivity contribution in [2.45, 2.75) is 26.4 Å². The van der Waals surface area contributed by atoms with Crippen molar-refractivity contribution >= 4 is 5.91 Å². The maximum absolute atomic E-state index is 13.3. The lowest BCUT2D eigenvalue weighted by Crippen LogP contribution is -2.24. The van der Waals surface area contributed by atoms with Crippen LogP contribution in [0.4, 0.5) is 8.78 Å². The highest BCUT2D eigenvalue weighted by Gasteiger charge is 2.10. The van der Waals surface area contributed by atoms with Gasteiger partial charge < -0.3 is 14.6 Å². The van der Waals surface area contributed by atoms with Crippen LogP contribution in [0.15, 0.2) is 48.9 Å². The number of nitrogens with one attached hydrogen (secondary N) is 1. The van der Waals surface area contributed by atoms with Crippen LogP contribution in [0.2, 0.25) is 0 Å². The molecule has 0 bridgehead atoms. The number of halogens is 2. The van der Waals surface area contributed by atoms with Gasteiger partial charge in [0.1, 0.15) is 11.6 Å². The molecule has 140 valence electrons. The Labute approximate surface area is 154 Å². The van der Waals surface area contributed by atoms with Crippen molar-refractivity contribution in [3.63, 3.8) is 0 Å². The molecule has 8 heteroatoms. The molecule has 0 atom stereocenters. The number of benzene rings is 1. The van der Waals surface area contributed by atoms with Gasteiger partial charge in [-0.2, -0.15) is 0 Å². The van der Waals surface area contributed by atoms with Gasteiger partial charge in [0.05, 0.1) is 0 Å². The summed E-state index contributed by atoms with van der Waals surface area (Å²) in [4.78, 5) is 20.3. The molecule has 0 fully saturated rings. The summed E-state index contributed by atoms with van der Waals surface area (Å²) in [5.41, 5.74) is 0.620. The highest BCUT2D eigenvalue weighted by atomic mass is 19.2. The Morgan fingerprint density at radius 1 is 1.19 bits per heavy atom. The Morgan fingerprint density at radius 3 is 2.78 bits per heavy atom. The van der Waals surface area contributed by atoms with Crippen molar-refractivity contribution in [3.05, 3.63) is 71.9 Å². The standard InChI is InChI=1S/C19H18F2N4O2/c1-13-22-8-10-25(13)9-6-18(26)24-12-14-3-2-7-23-19(14)27-15-4-5-16(20)17(21)11-15/h2-5,7-8,10-11H,6,9,12H2,1H3,(H,24,26). The normalized spacial score (nSPS) is 10.6. The molecule has 0 aliphatic carbocycles. The number of aryl methyl sites for hydroxylation is 2. The van der Waals surface area contributed by atoms with E-state index in [9.17, 15) is 13.6 Å². The maximum atomic E-state index is 13.3. The zero-order valence-electron chi connectivity index (χ0n) is 14.7. The lowest BCUT2D eigenvalue weighted by Gasteiger charge is -2.11. The van der Waals surface area contributed by atoms with Crippen molar-refractivity contribution in [1.82, 2.24) is 19.9 Å². The molecule has 1 aromatic carbocycles. The molecule has 2 aromatic heterocycles. The number of nitrogens with zero attached hydrogens (tertiary/aromatic N) is 3. The quantitative estimate of drug-likeness (QED) is 0.690. The van der Waals surface area contributed by atoms with E-state index in [1.165, 1.54) is 12.3 Å². The van der Waals surface area contributed by atoms with E-state index in [2.05, 4.69) is 15.3 Å². The second-order valence-electron chi connectivity index (χ2n) is 5.84. The predicted octanol–water partition coefficient (Wildman–Crippen LogP) is 3.36. The van der Waals surface area contributed by atoms with Crippen LogP contribution < -0.4 is 10.1 Å². The maximum Gasteiger partial charge on any atom is 0.224 e. The smallest absolute Gasteiger partial charge is 0.224 e. The Morgan fingerprint density at radius 2 is 2.04 bits per heavy atom. The first-order chi connectivity index (χ1) is 13.0. The summed E-state index contributed by atoms with van der Waals surface area (Å²) in [6.07, 6.45) is 5.32. The third-order valence-electron chi connectivity index (χ3n) is 3.93. The van der Waals surface area contributed by atoms with Gasteiger partial charge in [0.15, 0.2) is 11.6 Å². The zero-order valence-corrected chi connectivity index (χ0v) is 14.7. The zero-order chi connectivity index (χ0) is 19.2. The van der Waals surface area contributed by atoms with Crippen LogP contribution in [0.25, 0.3) is 0 Å². The van der Waals surface area contributed by atoms with Gasteiger partial charge in [0, 0.05) is 49.7 Å². The van der Waals surface area contributed by atoms with Crippen LogP contribution in [0, 0.1) is 18.6 Å². The molecule has 1 amide bonds. The Balaban J connectivity index is 1.59. The molecule has 0 aliphatic rings. The molecule has 27 heavy (non-hydrogen) atoms. The SMILES string of the molecule is Cc1nccn1CCC(=O)NCc1cccnc1Oc1ccc(F)c(F)c1. The molecule has 3 aromatic rings. The van der Waals surface area contributed by atoms with Gasteiger partial charge >= 0.3 is 0 Å². The fourth-order valence-electron chi connectivity index (χ4n) is 2.45. The van der Waals surface area contributed by atoms with Crippen molar-refractivity contribution in [2.24, 2.45) is 0 Å². The third-order valence-corrected chi connectivity index (χ3v) is 3.93. The predicted molar refractivity (Wildman–Crippen MR) is 94.1 cm³/mol. The molecule has 6 nitrogen and oxygen atoms in total. The first kappa shape index (κ1) is 18.5. The van der Waals surface area contributed by atoms with E-state index < -0.39 is 11.6 Å².